The van der Waals surface area contributed by atoms with Gasteiger partial charge in [0.2, 0.25) is 10.1 Å². The van der Waals surface area contributed by atoms with Crippen LogP contribution in [-0.4, -0.2) is 21.1 Å². The number of nitrogen functional groups attached to an aromatic ring is 1. The fraction of sp³-hybridized carbons (Fsp3) is 0. The van der Waals surface area contributed by atoms with E-state index >= 15 is 0 Å². The van der Waals surface area contributed by atoms with Gasteiger partial charge in [-0.05, 0) is 6.07 Å². The van der Waals surface area contributed by atoms with Gasteiger partial charge in [0.25, 0.3) is 5.91 Å². The maximum Gasteiger partial charge on any atom is 0.286 e. The largest absolute Gasteiger partial charge is 0.374 e. The summed E-state index contributed by atoms with van der Waals surface area (Å²) in [6.07, 6.45) is 2.37. The Morgan fingerprint density at radius 2 is 2.31 bits per heavy atom. The van der Waals surface area contributed by atoms with Crippen LogP contribution in [0.1, 0.15) is 9.80 Å². The predicted molar refractivity (Wildman–Crippen MR) is 56.5 cm³/mol. The van der Waals surface area contributed by atoms with E-state index in [1.165, 1.54) is 12.3 Å². The molecule has 2 aromatic rings. The van der Waals surface area contributed by atoms with Crippen molar-refractivity contribution < 1.29 is 9.18 Å². The van der Waals surface area contributed by atoms with Gasteiger partial charge in [0.1, 0.15) is 0 Å². The minimum absolute atomic E-state index is 0.0359. The van der Waals surface area contributed by atoms with E-state index < -0.39 is 11.7 Å². The molecule has 2 aromatic heterocycles. The first-order valence-electron chi connectivity index (χ1n) is 4.16. The number of nitrogens with two attached hydrogens (primary N) is 1. The van der Waals surface area contributed by atoms with Crippen LogP contribution >= 0.6 is 11.3 Å². The van der Waals surface area contributed by atoms with E-state index in [-0.39, 0.29) is 15.8 Å². The molecular weight excluding hydrogens is 233 g/mol. The zero-order valence-electron chi connectivity index (χ0n) is 7.85. The Bertz CT molecular complexity index is 529. The number of hydrogen-bond donors (Lipinski definition) is 2. The molecule has 0 radical (unpaired) electrons. The number of amides is 1. The van der Waals surface area contributed by atoms with E-state index in [9.17, 15) is 9.18 Å². The summed E-state index contributed by atoms with van der Waals surface area (Å²) in [7, 11) is 0. The molecular formula is C8H6FN5OS. The van der Waals surface area contributed by atoms with Gasteiger partial charge in [0.05, 0.1) is 11.9 Å². The summed E-state index contributed by atoms with van der Waals surface area (Å²) in [6, 6.07) is 1.34. The van der Waals surface area contributed by atoms with Crippen LogP contribution in [0.25, 0.3) is 0 Å². The maximum absolute atomic E-state index is 13.1. The number of carbonyl (C=O) groups is 1. The Labute approximate surface area is 93.3 Å². The van der Waals surface area contributed by atoms with Gasteiger partial charge >= 0.3 is 0 Å². The van der Waals surface area contributed by atoms with Crippen molar-refractivity contribution in [2.24, 2.45) is 0 Å². The minimum atomic E-state index is -0.617. The first-order valence-corrected chi connectivity index (χ1v) is 4.98. The van der Waals surface area contributed by atoms with Crippen LogP contribution in [0.2, 0.25) is 0 Å². The van der Waals surface area contributed by atoms with E-state index in [2.05, 4.69) is 20.5 Å². The van der Waals surface area contributed by atoms with Crippen molar-refractivity contribution in [2.45, 2.75) is 0 Å². The molecule has 0 saturated heterocycles. The highest BCUT2D eigenvalue weighted by molar-refractivity contribution is 7.16. The number of anilines is 2. The number of aromatic nitrogens is 3. The van der Waals surface area contributed by atoms with Crippen molar-refractivity contribution in [3.8, 4) is 0 Å². The Balaban J connectivity index is 2.17. The molecule has 3 N–H and O–H groups in total. The number of carbonyl (C=O) groups excluding carboxylic acids is 1. The van der Waals surface area contributed by atoms with Crippen LogP contribution in [0.3, 0.4) is 0 Å². The Morgan fingerprint density at radius 1 is 1.50 bits per heavy atom. The van der Waals surface area contributed by atoms with Gasteiger partial charge < -0.3 is 11.1 Å². The van der Waals surface area contributed by atoms with Crippen LogP contribution in [0.5, 0.6) is 0 Å². The van der Waals surface area contributed by atoms with Gasteiger partial charge in [-0.1, -0.05) is 11.3 Å². The molecule has 0 aliphatic heterocycles. The first-order chi connectivity index (χ1) is 7.66. The second-order valence-corrected chi connectivity index (χ2v) is 3.76. The normalized spacial score (nSPS) is 10.1. The summed E-state index contributed by atoms with van der Waals surface area (Å²) < 4.78 is 13.1. The predicted octanol–water partition coefficient (Wildman–Crippen LogP) is 0.907. The SMILES string of the molecule is Nc1nnc(C(=O)Nc2ccncc2F)s1. The Hall–Kier alpha value is -2.09. The molecule has 16 heavy (non-hydrogen) atoms. The van der Waals surface area contributed by atoms with Crippen LogP contribution in [0.4, 0.5) is 15.2 Å². The summed E-state index contributed by atoms with van der Waals surface area (Å²) in [6.45, 7) is 0. The second kappa shape index (κ2) is 4.19. The van der Waals surface area contributed by atoms with E-state index in [4.69, 9.17) is 5.73 Å². The third-order valence-electron chi connectivity index (χ3n) is 1.66. The van der Waals surface area contributed by atoms with Crippen molar-refractivity contribution >= 4 is 28.1 Å². The Kier molecular flexibility index (Phi) is 2.73. The Morgan fingerprint density at radius 3 is 2.94 bits per heavy atom. The highest BCUT2D eigenvalue weighted by Gasteiger charge is 2.13. The summed E-state index contributed by atoms with van der Waals surface area (Å²) >= 11 is 0.926. The molecule has 0 aromatic carbocycles. The van der Waals surface area contributed by atoms with Gasteiger partial charge in [-0.25, -0.2) is 4.39 Å². The summed E-state index contributed by atoms with van der Waals surface area (Å²) in [5, 5.41) is 9.61. The fourth-order valence-electron chi connectivity index (χ4n) is 0.979. The molecule has 0 unspecified atom stereocenters. The molecule has 0 atom stereocenters. The lowest BCUT2D eigenvalue weighted by Crippen LogP contribution is -2.12. The van der Waals surface area contributed by atoms with Gasteiger partial charge in [-0.15, -0.1) is 10.2 Å². The monoisotopic (exact) mass is 239 g/mol. The molecule has 0 saturated carbocycles. The van der Waals surface area contributed by atoms with Crippen LogP contribution in [0.15, 0.2) is 18.5 Å². The van der Waals surface area contributed by atoms with Crippen molar-refractivity contribution in [3.05, 3.63) is 29.3 Å². The third kappa shape index (κ3) is 2.11. The summed E-state index contributed by atoms with van der Waals surface area (Å²) in [5.41, 5.74) is 5.36. The van der Waals surface area contributed by atoms with Gasteiger partial charge in [0.15, 0.2) is 5.82 Å². The number of pyridine rings is 1. The van der Waals surface area contributed by atoms with Gasteiger partial charge in [-0.2, -0.15) is 0 Å². The smallest absolute Gasteiger partial charge is 0.286 e. The molecule has 0 spiro atoms. The zero-order chi connectivity index (χ0) is 11.5. The number of halogens is 1. The third-order valence-corrected chi connectivity index (χ3v) is 2.41. The average Bonchev–Trinajstić information content (AvgIpc) is 2.68. The molecule has 2 rings (SSSR count). The second-order valence-electron chi connectivity index (χ2n) is 2.76. The molecule has 82 valence electrons. The van der Waals surface area contributed by atoms with Crippen LogP contribution in [0, 0.1) is 5.82 Å². The first kappa shape index (κ1) is 10.4. The topological polar surface area (TPSA) is 93.8 Å². The number of rotatable bonds is 2. The minimum Gasteiger partial charge on any atom is -0.374 e. The summed E-state index contributed by atoms with van der Waals surface area (Å²) in [4.78, 5) is 15.1. The number of hydrogen-bond acceptors (Lipinski definition) is 6. The quantitative estimate of drug-likeness (QED) is 0.812. The highest BCUT2D eigenvalue weighted by atomic mass is 32.1. The molecule has 0 aliphatic carbocycles. The molecule has 1 amide bonds. The molecule has 8 heteroatoms. The standard InChI is InChI=1S/C8H6FN5OS/c9-4-3-11-2-1-5(4)12-6(15)7-13-14-8(10)16-7/h1-3H,(H2,10,14)(H,11,12,15). The van der Waals surface area contributed by atoms with Crippen molar-refractivity contribution in [2.75, 3.05) is 11.1 Å². The van der Waals surface area contributed by atoms with Gasteiger partial charge in [-0.3, -0.25) is 9.78 Å². The van der Waals surface area contributed by atoms with E-state index in [0.717, 1.165) is 17.5 Å². The molecule has 0 fully saturated rings. The van der Waals surface area contributed by atoms with Crippen molar-refractivity contribution in [3.63, 3.8) is 0 Å². The van der Waals surface area contributed by atoms with Crippen molar-refractivity contribution in [1.29, 1.82) is 0 Å². The highest BCUT2D eigenvalue weighted by Crippen LogP contribution is 2.15. The van der Waals surface area contributed by atoms with Gasteiger partial charge in [0, 0.05) is 6.20 Å². The lowest BCUT2D eigenvalue weighted by atomic mass is 10.4. The van der Waals surface area contributed by atoms with E-state index in [1.54, 1.807) is 0 Å². The molecule has 2 heterocycles. The number of nitrogens with zero attached hydrogens (tertiary/aromatic N) is 3. The molecule has 0 aliphatic rings. The summed E-state index contributed by atoms with van der Waals surface area (Å²) in [5.74, 6) is -1.17. The van der Waals surface area contributed by atoms with Crippen LogP contribution in [-0.2, 0) is 0 Å². The van der Waals surface area contributed by atoms with E-state index in [0.29, 0.717) is 0 Å². The molecule has 6 nitrogen and oxygen atoms in total. The fourth-order valence-corrected chi connectivity index (χ4v) is 1.48. The lowest BCUT2D eigenvalue weighted by molar-refractivity contribution is 0.102. The zero-order valence-corrected chi connectivity index (χ0v) is 8.66. The average molecular weight is 239 g/mol. The lowest BCUT2D eigenvalue weighted by Gasteiger charge is -2.02. The maximum atomic E-state index is 13.1. The number of nitrogens with one attached hydrogen (secondary N) is 1. The van der Waals surface area contributed by atoms with E-state index in [1.807, 2.05) is 0 Å². The van der Waals surface area contributed by atoms with Crippen molar-refractivity contribution in [1.82, 2.24) is 15.2 Å². The molecule has 0 bridgehead atoms. The van der Waals surface area contributed by atoms with Crippen LogP contribution < -0.4 is 11.1 Å².